The molecule has 7 nitrogen and oxygen atoms in total. The van der Waals surface area contributed by atoms with Gasteiger partial charge in [0.15, 0.2) is 11.5 Å². The van der Waals surface area contributed by atoms with Crippen LogP contribution in [0.15, 0.2) is 48.5 Å². The number of benzene rings is 1. The summed E-state index contributed by atoms with van der Waals surface area (Å²) >= 11 is 7.96. The second-order valence-corrected chi connectivity index (χ2v) is 8.36. The molecule has 0 bridgehead atoms. The Morgan fingerprint density at radius 2 is 1.89 bits per heavy atom. The van der Waals surface area contributed by atoms with Crippen LogP contribution >= 0.6 is 22.9 Å². The van der Waals surface area contributed by atoms with Crippen molar-refractivity contribution in [3.8, 4) is 10.4 Å². The smallest absolute Gasteiger partial charge is 0.200 e. The SMILES string of the molecule is Clc1cccc(-c2ccc(CN3CCN(c4ccc5nnnn5n4)CC3)s2)c1. The van der Waals surface area contributed by atoms with Gasteiger partial charge in [-0.05, 0) is 52.4 Å². The molecule has 28 heavy (non-hydrogen) atoms. The number of rotatable bonds is 4. The van der Waals surface area contributed by atoms with Crippen LogP contribution in [0.4, 0.5) is 5.82 Å². The molecule has 1 aromatic carbocycles. The van der Waals surface area contributed by atoms with Crippen molar-refractivity contribution in [1.82, 2.24) is 30.2 Å². The number of nitrogens with zero attached hydrogens (tertiary/aromatic N) is 7. The maximum Gasteiger partial charge on any atom is 0.200 e. The van der Waals surface area contributed by atoms with Crippen molar-refractivity contribution in [3.63, 3.8) is 0 Å². The van der Waals surface area contributed by atoms with Gasteiger partial charge in [-0.15, -0.1) is 26.2 Å². The van der Waals surface area contributed by atoms with Gasteiger partial charge in [0, 0.05) is 47.5 Å². The molecule has 5 rings (SSSR count). The quantitative estimate of drug-likeness (QED) is 0.513. The Kier molecular flexibility index (Phi) is 4.67. The molecule has 4 heterocycles. The molecule has 1 fully saturated rings. The molecule has 4 aromatic rings. The largest absolute Gasteiger partial charge is 0.353 e. The Morgan fingerprint density at radius 1 is 1.00 bits per heavy atom. The molecule has 1 aliphatic heterocycles. The van der Waals surface area contributed by atoms with Crippen molar-refractivity contribution in [2.45, 2.75) is 6.54 Å². The average Bonchev–Trinajstić information content (AvgIpc) is 3.37. The van der Waals surface area contributed by atoms with E-state index >= 15 is 0 Å². The van der Waals surface area contributed by atoms with E-state index in [0.29, 0.717) is 5.65 Å². The Hall–Kier alpha value is -2.55. The van der Waals surface area contributed by atoms with Gasteiger partial charge < -0.3 is 4.90 Å². The van der Waals surface area contributed by atoms with Gasteiger partial charge in [0.1, 0.15) is 0 Å². The summed E-state index contributed by atoms with van der Waals surface area (Å²) in [5.74, 6) is 0.916. The predicted octanol–water partition coefficient (Wildman–Crippen LogP) is 3.22. The zero-order valence-electron chi connectivity index (χ0n) is 15.1. The first-order valence-electron chi connectivity index (χ1n) is 9.12. The van der Waals surface area contributed by atoms with E-state index in [1.807, 2.05) is 41.7 Å². The Labute approximate surface area is 171 Å². The molecule has 0 N–H and O–H groups in total. The van der Waals surface area contributed by atoms with Gasteiger partial charge in [-0.1, -0.05) is 23.7 Å². The molecule has 0 atom stereocenters. The van der Waals surface area contributed by atoms with E-state index in [0.717, 1.165) is 43.6 Å². The number of halogens is 1. The average molecular weight is 412 g/mol. The number of anilines is 1. The van der Waals surface area contributed by atoms with Crippen molar-refractivity contribution in [2.75, 3.05) is 31.1 Å². The summed E-state index contributed by atoms with van der Waals surface area (Å²) in [7, 11) is 0. The summed E-state index contributed by atoms with van der Waals surface area (Å²) in [6.45, 7) is 4.85. The van der Waals surface area contributed by atoms with E-state index < -0.39 is 0 Å². The van der Waals surface area contributed by atoms with Crippen LogP contribution in [0.5, 0.6) is 0 Å². The molecule has 142 valence electrons. The minimum Gasteiger partial charge on any atom is -0.353 e. The lowest BCUT2D eigenvalue weighted by molar-refractivity contribution is 0.251. The first kappa shape index (κ1) is 17.5. The fraction of sp³-hybridized carbons (Fsp3) is 0.263. The zero-order chi connectivity index (χ0) is 18.9. The van der Waals surface area contributed by atoms with E-state index in [2.05, 4.69) is 48.6 Å². The lowest BCUT2D eigenvalue weighted by Gasteiger charge is -2.34. The first-order chi connectivity index (χ1) is 13.7. The van der Waals surface area contributed by atoms with Crippen molar-refractivity contribution < 1.29 is 0 Å². The highest BCUT2D eigenvalue weighted by molar-refractivity contribution is 7.15. The standard InChI is InChI=1S/C19H18ClN7S/c20-15-3-1-2-14(12-15)17-5-4-16(28-17)13-25-8-10-26(11-9-25)19-7-6-18-21-23-24-27(18)22-19/h1-7,12H,8-11,13H2. The Bertz CT molecular complexity index is 1100. The van der Waals surface area contributed by atoms with E-state index in [9.17, 15) is 0 Å². The van der Waals surface area contributed by atoms with Gasteiger partial charge >= 0.3 is 0 Å². The maximum atomic E-state index is 6.12. The number of fused-ring (bicyclic) bond motifs is 1. The summed E-state index contributed by atoms with van der Waals surface area (Å²) in [6.07, 6.45) is 0. The monoisotopic (exact) mass is 411 g/mol. The van der Waals surface area contributed by atoms with Crippen LogP contribution in [0.3, 0.4) is 0 Å². The lowest BCUT2D eigenvalue weighted by atomic mass is 10.2. The summed E-state index contributed by atoms with van der Waals surface area (Å²) in [6, 6.07) is 16.3. The van der Waals surface area contributed by atoms with Gasteiger partial charge in [-0.25, -0.2) is 0 Å². The van der Waals surface area contributed by atoms with Crippen LogP contribution in [0, 0.1) is 0 Å². The van der Waals surface area contributed by atoms with Crippen LogP contribution < -0.4 is 4.90 Å². The van der Waals surface area contributed by atoms with E-state index in [4.69, 9.17) is 11.6 Å². The third-order valence-corrected chi connectivity index (χ3v) is 6.26. The molecule has 0 radical (unpaired) electrons. The van der Waals surface area contributed by atoms with Crippen LogP contribution in [-0.2, 0) is 6.54 Å². The van der Waals surface area contributed by atoms with Crippen molar-refractivity contribution in [3.05, 3.63) is 58.4 Å². The molecule has 0 saturated carbocycles. The topological polar surface area (TPSA) is 62.5 Å². The van der Waals surface area contributed by atoms with E-state index in [-0.39, 0.29) is 0 Å². The molecule has 0 aliphatic carbocycles. The molecular weight excluding hydrogens is 394 g/mol. The molecule has 3 aromatic heterocycles. The molecule has 0 spiro atoms. The fourth-order valence-corrected chi connectivity index (χ4v) is 4.66. The number of piperazine rings is 1. The fourth-order valence-electron chi connectivity index (χ4n) is 3.42. The number of hydrogen-bond acceptors (Lipinski definition) is 7. The Morgan fingerprint density at radius 3 is 2.75 bits per heavy atom. The lowest BCUT2D eigenvalue weighted by Crippen LogP contribution is -2.46. The number of thiophene rings is 1. The molecule has 1 aliphatic rings. The van der Waals surface area contributed by atoms with Crippen LogP contribution in [0.2, 0.25) is 5.02 Å². The van der Waals surface area contributed by atoms with Gasteiger partial charge in [-0.2, -0.15) is 0 Å². The van der Waals surface area contributed by atoms with Gasteiger partial charge in [-0.3, -0.25) is 4.90 Å². The minimum absolute atomic E-state index is 0.663. The number of hydrogen-bond donors (Lipinski definition) is 0. The van der Waals surface area contributed by atoms with Crippen LogP contribution in [0.1, 0.15) is 4.88 Å². The zero-order valence-corrected chi connectivity index (χ0v) is 16.6. The maximum absolute atomic E-state index is 6.12. The summed E-state index contributed by atoms with van der Waals surface area (Å²) in [4.78, 5) is 7.40. The summed E-state index contributed by atoms with van der Waals surface area (Å²) in [5.41, 5.74) is 1.84. The second kappa shape index (κ2) is 7.46. The molecule has 0 unspecified atom stereocenters. The van der Waals surface area contributed by atoms with Gasteiger partial charge in [0.25, 0.3) is 0 Å². The predicted molar refractivity (Wildman–Crippen MR) is 111 cm³/mol. The van der Waals surface area contributed by atoms with Crippen LogP contribution in [-0.4, -0.2) is 56.3 Å². The highest BCUT2D eigenvalue weighted by atomic mass is 35.5. The van der Waals surface area contributed by atoms with Crippen LogP contribution in [0.25, 0.3) is 16.1 Å². The molecule has 1 saturated heterocycles. The second-order valence-electron chi connectivity index (χ2n) is 6.76. The number of aromatic nitrogens is 5. The minimum atomic E-state index is 0.663. The van der Waals surface area contributed by atoms with Gasteiger partial charge in [0.05, 0.1) is 0 Å². The van der Waals surface area contributed by atoms with Crippen molar-refractivity contribution in [2.24, 2.45) is 0 Å². The van der Waals surface area contributed by atoms with Gasteiger partial charge in [0.2, 0.25) is 0 Å². The highest BCUT2D eigenvalue weighted by Gasteiger charge is 2.19. The molecule has 9 heteroatoms. The third kappa shape index (κ3) is 3.58. The van der Waals surface area contributed by atoms with E-state index in [1.54, 1.807) is 0 Å². The Balaban J connectivity index is 1.21. The molecular formula is C19H18ClN7S. The number of tetrazole rings is 1. The summed E-state index contributed by atoms with van der Waals surface area (Å²) in [5, 5.41) is 16.7. The normalized spacial score (nSPS) is 15.4. The van der Waals surface area contributed by atoms with Crippen molar-refractivity contribution >= 4 is 34.4 Å². The molecule has 0 amide bonds. The highest BCUT2D eigenvalue weighted by Crippen LogP contribution is 2.30. The van der Waals surface area contributed by atoms with E-state index in [1.165, 1.54) is 19.9 Å². The third-order valence-electron chi connectivity index (χ3n) is 4.90. The summed E-state index contributed by atoms with van der Waals surface area (Å²) < 4.78 is 1.48. The van der Waals surface area contributed by atoms with Crippen molar-refractivity contribution in [1.29, 1.82) is 0 Å². The first-order valence-corrected chi connectivity index (χ1v) is 10.3.